The topological polar surface area (TPSA) is 45.2 Å². The maximum atomic E-state index is 11.6. The first-order valence-electron chi connectivity index (χ1n) is 7.34. The maximum Gasteiger partial charge on any atom is 0.223 e. The predicted molar refractivity (Wildman–Crippen MR) is 86.2 cm³/mol. The van der Waals surface area contributed by atoms with E-state index in [0.29, 0.717) is 6.42 Å². The highest BCUT2D eigenvalue weighted by Crippen LogP contribution is 2.16. The average Bonchev–Trinajstić information content (AvgIpc) is 2.47. The number of hydrogen-bond acceptors (Lipinski definition) is 3. The van der Waals surface area contributed by atoms with Gasteiger partial charge >= 0.3 is 0 Å². The third kappa shape index (κ3) is 4.26. The molecule has 1 heterocycles. The highest BCUT2D eigenvalue weighted by Gasteiger charge is 2.10. The van der Waals surface area contributed by atoms with Gasteiger partial charge in [-0.15, -0.1) is 0 Å². The molecule has 112 valence electrons. The lowest BCUT2D eigenvalue weighted by Gasteiger charge is -2.16. The number of fused-ring (bicyclic) bond motifs is 1. The monoisotopic (exact) mass is 285 g/mol. The maximum absolute atomic E-state index is 11.6. The minimum atomic E-state index is 0.154. The zero-order valence-electron chi connectivity index (χ0n) is 13.0. The Morgan fingerprint density at radius 3 is 2.81 bits per heavy atom. The van der Waals surface area contributed by atoms with Crippen molar-refractivity contribution in [2.45, 2.75) is 25.8 Å². The lowest BCUT2D eigenvalue weighted by atomic mass is 10.1. The van der Waals surface area contributed by atoms with E-state index in [0.717, 1.165) is 18.5 Å². The third-order valence-corrected chi connectivity index (χ3v) is 3.58. The number of aromatic nitrogens is 1. The Kier molecular flexibility index (Phi) is 5.28. The standard InChI is InChI=1S/C17H23N3O/c1-13(12-16(21)20(2)3)18-11-9-15-7-4-6-14-8-5-10-19-17(14)15/h4-8,10,13,18H,9,11-12H2,1-3H3/t13-/m0/s1. The van der Waals surface area contributed by atoms with Gasteiger partial charge in [-0.1, -0.05) is 24.3 Å². The second-order valence-corrected chi connectivity index (χ2v) is 5.59. The molecule has 0 fully saturated rings. The van der Waals surface area contributed by atoms with Crippen molar-refractivity contribution in [1.82, 2.24) is 15.2 Å². The van der Waals surface area contributed by atoms with Crippen LogP contribution in [0.5, 0.6) is 0 Å². The van der Waals surface area contributed by atoms with Crippen LogP contribution < -0.4 is 5.32 Å². The van der Waals surface area contributed by atoms with E-state index in [1.165, 1.54) is 10.9 Å². The van der Waals surface area contributed by atoms with Crippen molar-refractivity contribution < 1.29 is 4.79 Å². The van der Waals surface area contributed by atoms with Crippen LogP contribution in [-0.4, -0.2) is 42.5 Å². The largest absolute Gasteiger partial charge is 0.349 e. The first kappa shape index (κ1) is 15.4. The number of carbonyl (C=O) groups is 1. The number of pyridine rings is 1. The fourth-order valence-electron chi connectivity index (χ4n) is 2.34. The first-order valence-corrected chi connectivity index (χ1v) is 7.34. The molecule has 2 aromatic rings. The van der Waals surface area contributed by atoms with Crippen molar-refractivity contribution in [2.24, 2.45) is 0 Å². The van der Waals surface area contributed by atoms with Gasteiger partial charge in [0.05, 0.1) is 5.52 Å². The fraction of sp³-hybridized carbons (Fsp3) is 0.412. The summed E-state index contributed by atoms with van der Waals surface area (Å²) in [5, 5.41) is 4.58. The van der Waals surface area contributed by atoms with E-state index >= 15 is 0 Å². The number of carbonyl (C=O) groups excluding carboxylic acids is 1. The lowest BCUT2D eigenvalue weighted by molar-refractivity contribution is -0.129. The van der Waals surface area contributed by atoms with E-state index in [9.17, 15) is 4.79 Å². The van der Waals surface area contributed by atoms with E-state index < -0.39 is 0 Å². The molecule has 0 unspecified atom stereocenters. The van der Waals surface area contributed by atoms with Gasteiger partial charge in [0.15, 0.2) is 0 Å². The molecule has 2 rings (SSSR count). The summed E-state index contributed by atoms with van der Waals surface area (Å²) in [6.45, 7) is 2.89. The zero-order chi connectivity index (χ0) is 15.2. The van der Waals surface area contributed by atoms with Crippen molar-refractivity contribution in [2.75, 3.05) is 20.6 Å². The molecule has 1 aromatic carbocycles. The second kappa shape index (κ2) is 7.18. The van der Waals surface area contributed by atoms with E-state index in [1.807, 2.05) is 19.2 Å². The number of amides is 1. The number of nitrogens with zero attached hydrogens (tertiary/aromatic N) is 2. The summed E-state index contributed by atoms with van der Waals surface area (Å²) in [7, 11) is 3.58. The summed E-state index contributed by atoms with van der Waals surface area (Å²) in [4.78, 5) is 17.7. The molecule has 1 N–H and O–H groups in total. The van der Waals surface area contributed by atoms with Gasteiger partial charge in [0.2, 0.25) is 5.91 Å². The molecule has 0 saturated carbocycles. The van der Waals surface area contributed by atoms with Gasteiger partial charge in [0, 0.05) is 38.1 Å². The number of hydrogen-bond donors (Lipinski definition) is 1. The van der Waals surface area contributed by atoms with Crippen LogP contribution in [0.4, 0.5) is 0 Å². The molecule has 1 atom stereocenters. The van der Waals surface area contributed by atoms with Gasteiger partial charge in [-0.05, 0) is 31.5 Å². The Balaban J connectivity index is 1.89. The molecule has 0 radical (unpaired) electrons. The SMILES string of the molecule is C[C@@H](CC(=O)N(C)C)NCCc1cccc2cccnc12. The molecular formula is C17H23N3O. The minimum absolute atomic E-state index is 0.154. The molecule has 4 nitrogen and oxygen atoms in total. The molecule has 0 bridgehead atoms. The van der Waals surface area contributed by atoms with Crippen molar-refractivity contribution in [3.63, 3.8) is 0 Å². The van der Waals surface area contributed by atoms with Crippen molar-refractivity contribution in [1.29, 1.82) is 0 Å². The Bertz CT molecular complexity index is 605. The number of benzene rings is 1. The molecule has 21 heavy (non-hydrogen) atoms. The Labute approximate surface area is 126 Å². The van der Waals surface area contributed by atoms with Crippen LogP contribution in [0.2, 0.25) is 0 Å². The minimum Gasteiger partial charge on any atom is -0.349 e. The van der Waals surface area contributed by atoms with Crippen molar-refractivity contribution >= 4 is 16.8 Å². The Morgan fingerprint density at radius 1 is 1.29 bits per heavy atom. The van der Waals surface area contributed by atoms with E-state index in [1.54, 1.807) is 19.0 Å². The molecule has 4 heteroatoms. The van der Waals surface area contributed by atoms with Crippen LogP contribution in [-0.2, 0) is 11.2 Å². The second-order valence-electron chi connectivity index (χ2n) is 5.59. The van der Waals surface area contributed by atoms with Crippen LogP contribution in [0.25, 0.3) is 10.9 Å². The fourth-order valence-corrected chi connectivity index (χ4v) is 2.34. The number of nitrogens with one attached hydrogen (secondary N) is 1. The number of rotatable bonds is 6. The third-order valence-electron chi connectivity index (χ3n) is 3.58. The lowest BCUT2D eigenvalue weighted by Crippen LogP contribution is -2.34. The summed E-state index contributed by atoms with van der Waals surface area (Å²) in [5.41, 5.74) is 2.31. The summed E-state index contributed by atoms with van der Waals surface area (Å²) < 4.78 is 0. The van der Waals surface area contributed by atoms with Crippen LogP contribution in [0.3, 0.4) is 0 Å². The zero-order valence-corrected chi connectivity index (χ0v) is 13.0. The van der Waals surface area contributed by atoms with Gasteiger partial charge in [-0.25, -0.2) is 0 Å². The van der Waals surface area contributed by atoms with Crippen LogP contribution in [0, 0.1) is 0 Å². The first-order chi connectivity index (χ1) is 10.1. The van der Waals surface area contributed by atoms with Crippen LogP contribution in [0.1, 0.15) is 18.9 Å². The number of para-hydroxylation sites is 1. The molecule has 1 amide bonds. The summed E-state index contributed by atoms with van der Waals surface area (Å²) in [5.74, 6) is 0.154. The molecule has 0 aliphatic rings. The van der Waals surface area contributed by atoms with Gasteiger partial charge < -0.3 is 10.2 Å². The molecule has 0 aliphatic carbocycles. The molecule has 0 spiro atoms. The van der Waals surface area contributed by atoms with E-state index in [-0.39, 0.29) is 11.9 Å². The van der Waals surface area contributed by atoms with Gasteiger partial charge in [-0.3, -0.25) is 9.78 Å². The Morgan fingerprint density at radius 2 is 2.05 bits per heavy atom. The molecule has 0 aliphatic heterocycles. The van der Waals surface area contributed by atoms with Crippen LogP contribution >= 0.6 is 0 Å². The highest BCUT2D eigenvalue weighted by molar-refractivity contribution is 5.81. The molecular weight excluding hydrogens is 262 g/mol. The van der Waals surface area contributed by atoms with E-state index in [2.05, 4.69) is 34.6 Å². The smallest absolute Gasteiger partial charge is 0.223 e. The Hall–Kier alpha value is -1.94. The quantitative estimate of drug-likeness (QED) is 0.885. The summed E-state index contributed by atoms with van der Waals surface area (Å²) in [6, 6.07) is 10.5. The van der Waals surface area contributed by atoms with Crippen molar-refractivity contribution in [3.05, 3.63) is 42.1 Å². The normalized spacial score (nSPS) is 12.3. The van der Waals surface area contributed by atoms with Crippen molar-refractivity contribution in [3.8, 4) is 0 Å². The summed E-state index contributed by atoms with van der Waals surface area (Å²) in [6.07, 6.45) is 3.27. The van der Waals surface area contributed by atoms with Gasteiger partial charge in [0.25, 0.3) is 0 Å². The van der Waals surface area contributed by atoms with Gasteiger partial charge in [-0.2, -0.15) is 0 Å². The van der Waals surface area contributed by atoms with Crippen LogP contribution in [0.15, 0.2) is 36.5 Å². The van der Waals surface area contributed by atoms with E-state index in [4.69, 9.17) is 0 Å². The molecule has 0 saturated heterocycles. The highest BCUT2D eigenvalue weighted by atomic mass is 16.2. The predicted octanol–water partition coefficient (Wildman–Crippen LogP) is 2.23. The molecule has 1 aromatic heterocycles. The summed E-state index contributed by atoms with van der Waals surface area (Å²) >= 11 is 0. The average molecular weight is 285 g/mol. The van der Waals surface area contributed by atoms with Gasteiger partial charge in [0.1, 0.15) is 0 Å².